The number of hydroxylamine groups is 1. The summed E-state index contributed by atoms with van der Waals surface area (Å²) in [7, 11) is 0. The van der Waals surface area contributed by atoms with Gasteiger partial charge in [-0.15, -0.1) is 0 Å². The van der Waals surface area contributed by atoms with Crippen molar-refractivity contribution in [3.05, 3.63) is 24.2 Å². The standard InChI is InChI=1S/C9H13NO3/c1-7(2)5-13-10-9(11)8-3-4-12-6-8/h3-4,6-7H,5H2,1-2H3,(H,10,11). The summed E-state index contributed by atoms with van der Waals surface area (Å²) >= 11 is 0. The van der Waals surface area contributed by atoms with Crippen molar-refractivity contribution in [2.24, 2.45) is 5.92 Å². The van der Waals surface area contributed by atoms with Gasteiger partial charge in [0.2, 0.25) is 0 Å². The van der Waals surface area contributed by atoms with Crippen molar-refractivity contribution < 1.29 is 14.0 Å². The molecule has 0 saturated heterocycles. The van der Waals surface area contributed by atoms with E-state index in [1.807, 2.05) is 13.8 Å². The molecule has 0 unspecified atom stereocenters. The van der Waals surface area contributed by atoms with Crippen molar-refractivity contribution in [3.63, 3.8) is 0 Å². The van der Waals surface area contributed by atoms with Crippen molar-refractivity contribution in [1.82, 2.24) is 5.48 Å². The summed E-state index contributed by atoms with van der Waals surface area (Å²) in [6, 6.07) is 1.58. The lowest BCUT2D eigenvalue weighted by Crippen LogP contribution is -2.25. The Morgan fingerprint density at radius 1 is 1.69 bits per heavy atom. The molecule has 13 heavy (non-hydrogen) atoms. The highest BCUT2D eigenvalue weighted by atomic mass is 16.6. The zero-order valence-corrected chi connectivity index (χ0v) is 7.74. The first-order valence-electron chi connectivity index (χ1n) is 4.14. The van der Waals surface area contributed by atoms with Crippen molar-refractivity contribution in [1.29, 1.82) is 0 Å². The fourth-order valence-corrected chi connectivity index (χ4v) is 0.726. The molecule has 0 spiro atoms. The zero-order valence-electron chi connectivity index (χ0n) is 7.74. The molecule has 0 aromatic carbocycles. The maximum absolute atomic E-state index is 11.2. The quantitative estimate of drug-likeness (QED) is 0.721. The fraction of sp³-hybridized carbons (Fsp3) is 0.444. The summed E-state index contributed by atoms with van der Waals surface area (Å²) in [6.07, 6.45) is 2.81. The van der Waals surface area contributed by atoms with Crippen LogP contribution in [-0.2, 0) is 4.84 Å². The SMILES string of the molecule is CC(C)CONC(=O)c1ccoc1. The van der Waals surface area contributed by atoms with Gasteiger partial charge >= 0.3 is 0 Å². The molecule has 4 heteroatoms. The van der Waals surface area contributed by atoms with Gasteiger partial charge < -0.3 is 4.42 Å². The Morgan fingerprint density at radius 2 is 2.46 bits per heavy atom. The van der Waals surface area contributed by atoms with Gasteiger partial charge in [-0.1, -0.05) is 13.8 Å². The molecular weight excluding hydrogens is 170 g/mol. The summed E-state index contributed by atoms with van der Waals surface area (Å²) < 4.78 is 4.75. The van der Waals surface area contributed by atoms with Crippen molar-refractivity contribution in [2.75, 3.05) is 6.61 Å². The first-order chi connectivity index (χ1) is 6.20. The normalized spacial score (nSPS) is 10.4. The molecule has 1 heterocycles. The molecule has 0 radical (unpaired) electrons. The lowest BCUT2D eigenvalue weighted by atomic mass is 10.2. The molecule has 0 aliphatic carbocycles. The number of carbonyl (C=O) groups excluding carboxylic acids is 1. The molecule has 1 amide bonds. The number of carbonyl (C=O) groups is 1. The summed E-state index contributed by atoms with van der Waals surface area (Å²) in [6.45, 7) is 4.51. The minimum Gasteiger partial charge on any atom is -0.472 e. The van der Waals surface area contributed by atoms with Crippen LogP contribution in [0.2, 0.25) is 0 Å². The van der Waals surface area contributed by atoms with Crippen LogP contribution in [0.5, 0.6) is 0 Å². The van der Waals surface area contributed by atoms with Gasteiger partial charge in [0.05, 0.1) is 18.4 Å². The zero-order chi connectivity index (χ0) is 9.68. The molecule has 0 fully saturated rings. The van der Waals surface area contributed by atoms with Gasteiger partial charge in [0.25, 0.3) is 5.91 Å². The monoisotopic (exact) mass is 183 g/mol. The number of nitrogens with one attached hydrogen (secondary N) is 1. The summed E-state index contributed by atoms with van der Waals surface area (Å²) in [5, 5.41) is 0. The second kappa shape index (κ2) is 4.67. The molecule has 0 atom stereocenters. The van der Waals surface area contributed by atoms with E-state index >= 15 is 0 Å². The van der Waals surface area contributed by atoms with Crippen LogP contribution in [0.3, 0.4) is 0 Å². The van der Waals surface area contributed by atoms with Gasteiger partial charge in [-0.2, -0.15) is 0 Å². The van der Waals surface area contributed by atoms with Crippen LogP contribution in [-0.4, -0.2) is 12.5 Å². The van der Waals surface area contributed by atoms with Crippen LogP contribution >= 0.6 is 0 Å². The molecule has 1 aromatic heterocycles. The van der Waals surface area contributed by atoms with Crippen molar-refractivity contribution in [2.45, 2.75) is 13.8 Å². The van der Waals surface area contributed by atoms with E-state index in [4.69, 9.17) is 9.25 Å². The van der Waals surface area contributed by atoms with Gasteiger partial charge in [-0.3, -0.25) is 9.63 Å². The first-order valence-corrected chi connectivity index (χ1v) is 4.14. The number of amides is 1. The minimum atomic E-state index is -0.283. The predicted molar refractivity (Wildman–Crippen MR) is 47.0 cm³/mol. The predicted octanol–water partition coefficient (Wildman–Crippen LogP) is 1.60. The number of hydrogen-bond acceptors (Lipinski definition) is 3. The second-order valence-corrected chi connectivity index (χ2v) is 3.15. The van der Waals surface area contributed by atoms with Crippen LogP contribution in [0.4, 0.5) is 0 Å². The van der Waals surface area contributed by atoms with Gasteiger partial charge in [-0.25, -0.2) is 5.48 Å². The molecule has 4 nitrogen and oxygen atoms in total. The Bertz CT molecular complexity index is 254. The van der Waals surface area contributed by atoms with E-state index < -0.39 is 0 Å². The lowest BCUT2D eigenvalue weighted by Gasteiger charge is -2.05. The van der Waals surface area contributed by atoms with Crippen molar-refractivity contribution >= 4 is 5.91 Å². The van der Waals surface area contributed by atoms with E-state index in [1.165, 1.54) is 12.5 Å². The van der Waals surface area contributed by atoms with Crippen LogP contribution in [0, 0.1) is 5.92 Å². The average Bonchev–Trinajstić information content (AvgIpc) is 2.55. The van der Waals surface area contributed by atoms with Crippen molar-refractivity contribution in [3.8, 4) is 0 Å². The summed E-state index contributed by atoms with van der Waals surface area (Å²) in [5.74, 6) is 0.110. The number of hydrogen-bond donors (Lipinski definition) is 1. The highest BCUT2D eigenvalue weighted by molar-refractivity contribution is 5.92. The maximum atomic E-state index is 11.2. The van der Waals surface area contributed by atoms with E-state index in [0.29, 0.717) is 18.1 Å². The maximum Gasteiger partial charge on any atom is 0.278 e. The second-order valence-electron chi connectivity index (χ2n) is 3.15. The Hall–Kier alpha value is -1.29. The van der Waals surface area contributed by atoms with E-state index in [9.17, 15) is 4.79 Å². The average molecular weight is 183 g/mol. The fourth-order valence-electron chi connectivity index (χ4n) is 0.726. The first kappa shape index (κ1) is 9.80. The van der Waals surface area contributed by atoms with E-state index in [2.05, 4.69) is 5.48 Å². The number of furan rings is 1. The third kappa shape index (κ3) is 3.29. The molecule has 0 aliphatic heterocycles. The number of rotatable bonds is 4. The van der Waals surface area contributed by atoms with Crippen LogP contribution in [0.1, 0.15) is 24.2 Å². The lowest BCUT2D eigenvalue weighted by molar-refractivity contribution is 0.0208. The summed E-state index contributed by atoms with van der Waals surface area (Å²) in [5.41, 5.74) is 2.78. The van der Waals surface area contributed by atoms with E-state index in [0.717, 1.165) is 0 Å². The summed E-state index contributed by atoms with van der Waals surface area (Å²) in [4.78, 5) is 16.1. The van der Waals surface area contributed by atoms with Gasteiger partial charge in [0.15, 0.2) is 0 Å². The molecule has 0 saturated carbocycles. The Balaban J connectivity index is 2.27. The van der Waals surface area contributed by atoms with E-state index in [-0.39, 0.29) is 5.91 Å². The third-order valence-corrected chi connectivity index (χ3v) is 1.36. The topological polar surface area (TPSA) is 51.5 Å². The molecular formula is C9H13NO3. The minimum absolute atomic E-state index is 0.283. The van der Waals surface area contributed by atoms with Crippen LogP contribution < -0.4 is 5.48 Å². The highest BCUT2D eigenvalue weighted by Gasteiger charge is 2.06. The molecule has 1 aromatic rings. The van der Waals surface area contributed by atoms with Gasteiger partial charge in [-0.05, 0) is 12.0 Å². The van der Waals surface area contributed by atoms with Crippen LogP contribution in [0.15, 0.2) is 23.0 Å². The smallest absolute Gasteiger partial charge is 0.278 e. The molecule has 0 aliphatic rings. The van der Waals surface area contributed by atoms with Crippen LogP contribution in [0.25, 0.3) is 0 Å². The molecule has 1 N–H and O–H groups in total. The third-order valence-electron chi connectivity index (χ3n) is 1.36. The molecule has 1 rings (SSSR count). The van der Waals surface area contributed by atoms with Gasteiger partial charge in [0, 0.05) is 0 Å². The largest absolute Gasteiger partial charge is 0.472 e. The Labute approximate surface area is 76.8 Å². The van der Waals surface area contributed by atoms with Gasteiger partial charge in [0.1, 0.15) is 6.26 Å². The Morgan fingerprint density at radius 3 is 3.00 bits per heavy atom. The Kier molecular flexibility index (Phi) is 3.52. The highest BCUT2D eigenvalue weighted by Crippen LogP contribution is 1.99. The molecule has 0 bridgehead atoms. The van der Waals surface area contributed by atoms with E-state index in [1.54, 1.807) is 6.07 Å². The molecule has 72 valence electrons.